The summed E-state index contributed by atoms with van der Waals surface area (Å²) in [5.41, 5.74) is -0.668. The number of hydrogen-bond acceptors (Lipinski definition) is 4. The molecule has 0 aliphatic rings. The van der Waals surface area contributed by atoms with Crippen molar-refractivity contribution < 1.29 is 22.7 Å². The van der Waals surface area contributed by atoms with E-state index >= 15 is 0 Å². The standard InChI is InChI=1S/C13H10F3NO2S/c1-2-19-12(18)9-10(13(14,15)16)17-11(20-9)8-6-4-3-5-7-8/h3-7H,2H2,1H3. The molecule has 0 spiro atoms. The van der Waals surface area contributed by atoms with Gasteiger partial charge in [0, 0.05) is 5.56 Å². The van der Waals surface area contributed by atoms with E-state index in [0.29, 0.717) is 16.9 Å². The maximum absolute atomic E-state index is 12.9. The largest absolute Gasteiger partial charge is 0.462 e. The first-order chi connectivity index (χ1) is 9.43. The van der Waals surface area contributed by atoms with Gasteiger partial charge in [-0.25, -0.2) is 9.78 Å². The summed E-state index contributed by atoms with van der Waals surface area (Å²) in [4.78, 5) is 14.6. The van der Waals surface area contributed by atoms with Crippen LogP contribution in [0.4, 0.5) is 13.2 Å². The van der Waals surface area contributed by atoms with Crippen molar-refractivity contribution in [3.63, 3.8) is 0 Å². The lowest BCUT2D eigenvalue weighted by Crippen LogP contribution is -2.13. The topological polar surface area (TPSA) is 39.2 Å². The zero-order valence-electron chi connectivity index (χ0n) is 10.4. The second-order valence-electron chi connectivity index (χ2n) is 3.78. The Morgan fingerprint density at radius 1 is 1.30 bits per heavy atom. The average Bonchev–Trinajstić information content (AvgIpc) is 2.85. The average molecular weight is 301 g/mol. The van der Waals surface area contributed by atoms with Crippen LogP contribution in [0.5, 0.6) is 0 Å². The number of alkyl halides is 3. The first-order valence-corrected chi connectivity index (χ1v) is 6.55. The van der Waals surface area contributed by atoms with Crippen molar-refractivity contribution in [3.05, 3.63) is 40.9 Å². The molecule has 0 bridgehead atoms. The number of benzene rings is 1. The van der Waals surface area contributed by atoms with Crippen LogP contribution in [-0.4, -0.2) is 17.6 Å². The van der Waals surface area contributed by atoms with Gasteiger partial charge >= 0.3 is 12.1 Å². The van der Waals surface area contributed by atoms with Crippen LogP contribution < -0.4 is 0 Å². The summed E-state index contributed by atoms with van der Waals surface area (Å²) in [6, 6.07) is 8.39. The molecule has 1 heterocycles. The molecule has 0 unspecified atom stereocenters. The maximum atomic E-state index is 12.9. The minimum atomic E-state index is -4.69. The van der Waals surface area contributed by atoms with Crippen LogP contribution >= 0.6 is 11.3 Å². The Morgan fingerprint density at radius 3 is 2.50 bits per heavy atom. The first kappa shape index (κ1) is 14.5. The quantitative estimate of drug-likeness (QED) is 0.804. The summed E-state index contributed by atoms with van der Waals surface area (Å²) in [6.45, 7) is 1.54. The van der Waals surface area contributed by atoms with Crippen LogP contribution in [0.25, 0.3) is 10.6 Å². The number of carbonyl (C=O) groups is 1. The lowest BCUT2D eigenvalue weighted by Gasteiger charge is -2.05. The molecule has 0 fully saturated rings. The van der Waals surface area contributed by atoms with E-state index in [0.717, 1.165) is 0 Å². The Labute approximate surface area is 117 Å². The van der Waals surface area contributed by atoms with Crippen molar-refractivity contribution >= 4 is 17.3 Å². The maximum Gasteiger partial charge on any atom is 0.435 e. The molecule has 106 valence electrons. The Bertz CT molecular complexity index is 608. The fourth-order valence-corrected chi connectivity index (χ4v) is 2.54. The number of nitrogens with zero attached hydrogens (tertiary/aromatic N) is 1. The second kappa shape index (κ2) is 5.62. The Balaban J connectivity index is 2.50. The van der Waals surface area contributed by atoms with Gasteiger partial charge in [0.2, 0.25) is 0 Å². The summed E-state index contributed by atoms with van der Waals surface area (Å²) in [7, 11) is 0. The smallest absolute Gasteiger partial charge is 0.435 e. The molecule has 0 amide bonds. The fraction of sp³-hybridized carbons (Fsp3) is 0.231. The van der Waals surface area contributed by atoms with Crippen LogP contribution in [0.2, 0.25) is 0 Å². The van der Waals surface area contributed by atoms with E-state index in [-0.39, 0.29) is 11.6 Å². The number of ether oxygens (including phenoxy) is 1. The summed E-state index contributed by atoms with van der Waals surface area (Å²) >= 11 is 0.682. The van der Waals surface area contributed by atoms with E-state index in [2.05, 4.69) is 9.72 Å². The zero-order valence-corrected chi connectivity index (χ0v) is 11.2. The normalized spacial score (nSPS) is 11.4. The highest BCUT2D eigenvalue weighted by atomic mass is 32.1. The Hall–Kier alpha value is -1.89. The number of rotatable bonds is 3. The van der Waals surface area contributed by atoms with Gasteiger partial charge in [0.1, 0.15) is 9.88 Å². The van der Waals surface area contributed by atoms with Crippen molar-refractivity contribution in [2.24, 2.45) is 0 Å². The Kier molecular flexibility index (Phi) is 4.08. The molecule has 2 rings (SSSR count). The molecule has 2 aromatic rings. The van der Waals surface area contributed by atoms with Crippen LogP contribution in [0, 0.1) is 0 Å². The molecule has 0 N–H and O–H groups in total. The first-order valence-electron chi connectivity index (χ1n) is 5.74. The number of carbonyl (C=O) groups excluding carboxylic acids is 1. The van der Waals surface area contributed by atoms with Crippen LogP contribution in [-0.2, 0) is 10.9 Å². The van der Waals surface area contributed by atoms with Gasteiger partial charge in [0.15, 0.2) is 5.69 Å². The van der Waals surface area contributed by atoms with Crippen molar-refractivity contribution in [2.75, 3.05) is 6.61 Å². The van der Waals surface area contributed by atoms with Gasteiger partial charge in [-0.1, -0.05) is 30.3 Å². The summed E-state index contributed by atoms with van der Waals surface area (Å²) in [6.07, 6.45) is -4.69. The summed E-state index contributed by atoms with van der Waals surface area (Å²) in [5, 5.41) is 0.140. The summed E-state index contributed by atoms with van der Waals surface area (Å²) < 4.78 is 43.4. The van der Waals surface area contributed by atoms with Gasteiger partial charge in [-0.3, -0.25) is 0 Å². The van der Waals surface area contributed by atoms with E-state index in [9.17, 15) is 18.0 Å². The van der Waals surface area contributed by atoms with Crippen LogP contribution in [0.3, 0.4) is 0 Å². The number of hydrogen-bond donors (Lipinski definition) is 0. The molecule has 0 aliphatic heterocycles. The van der Waals surface area contributed by atoms with Gasteiger partial charge in [0.05, 0.1) is 6.61 Å². The molecule has 20 heavy (non-hydrogen) atoms. The van der Waals surface area contributed by atoms with Crippen molar-refractivity contribution in [2.45, 2.75) is 13.1 Å². The minimum Gasteiger partial charge on any atom is -0.462 e. The second-order valence-corrected chi connectivity index (χ2v) is 4.78. The highest BCUT2D eigenvalue weighted by molar-refractivity contribution is 7.17. The number of esters is 1. The van der Waals surface area contributed by atoms with Crippen molar-refractivity contribution in [3.8, 4) is 10.6 Å². The molecule has 0 saturated carbocycles. The van der Waals surface area contributed by atoms with Gasteiger partial charge < -0.3 is 4.74 Å². The highest BCUT2D eigenvalue weighted by Crippen LogP contribution is 2.37. The molecule has 7 heteroatoms. The van der Waals surface area contributed by atoms with Crippen LogP contribution in [0.15, 0.2) is 30.3 Å². The van der Waals surface area contributed by atoms with Gasteiger partial charge in [0.25, 0.3) is 0 Å². The molecular formula is C13H10F3NO2S. The van der Waals surface area contributed by atoms with E-state index in [1.54, 1.807) is 30.3 Å². The van der Waals surface area contributed by atoms with Gasteiger partial charge in [-0.05, 0) is 6.92 Å². The van der Waals surface area contributed by atoms with E-state index in [4.69, 9.17) is 0 Å². The van der Waals surface area contributed by atoms with Crippen molar-refractivity contribution in [1.82, 2.24) is 4.98 Å². The molecule has 1 aromatic carbocycles. The molecule has 0 atom stereocenters. The van der Waals surface area contributed by atoms with Gasteiger partial charge in [-0.2, -0.15) is 13.2 Å². The van der Waals surface area contributed by atoms with Gasteiger partial charge in [-0.15, -0.1) is 11.3 Å². The molecular weight excluding hydrogens is 291 g/mol. The predicted octanol–water partition coefficient (Wildman–Crippen LogP) is 4.01. The summed E-state index contributed by atoms with van der Waals surface area (Å²) in [5.74, 6) is -1.00. The zero-order chi connectivity index (χ0) is 14.8. The van der Waals surface area contributed by atoms with E-state index < -0.39 is 22.7 Å². The third-order valence-corrected chi connectivity index (χ3v) is 3.46. The molecule has 1 aromatic heterocycles. The highest BCUT2D eigenvalue weighted by Gasteiger charge is 2.40. The van der Waals surface area contributed by atoms with E-state index in [1.807, 2.05) is 0 Å². The molecule has 3 nitrogen and oxygen atoms in total. The third kappa shape index (κ3) is 2.98. The Morgan fingerprint density at radius 2 is 1.95 bits per heavy atom. The lowest BCUT2D eigenvalue weighted by molar-refractivity contribution is -0.141. The SMILES string of the molecule is CCOC(=O)c1sc(-c2ccccc2)nc1C(F)(F)F. The minimum absolute atomic E-state index is 0.00863. The monoisotopic (exact) mass is 301 g/mol. The van der Waals surface area contributed by atoms with Crippen LogP contribution in [0.1, 0.15) is 22.3 Å². The fourth-order valence-electron chi connectivity index (χ4n) is 1.55. The number of halogens is 3. The third-order valence-electron chi connectivity index (χ3n) is 2.38. The number of aromatic nitrogens is 1. The molecule has 0 radical (unpaired) electrons. The van der Waals surface area contributed by atoms with E-state index in [1.165, 1.54) is 6.92 Å². The lowest BCUT2D eigenvalue weighted by atomic mass is 10.2. The molecule has 0 saturated heterocycles. The molecule has 0 aliphatic carbocycles. The predicted molar refractivity (Wildman–Crippen MR) is 68.5 cm³/mol. The number of thiazole rings is 1. The van der Waals surface area contributed by atoms with Crippen molar-refractivity contribution in [1.29, 1.82) is 0 Å².